The predicted octanol–water partition coefficient (Wildman–Crippen LogP) is 24.4. The van der Waals surface area contributed by atoms with Crippen LogP contribution in [0.4, 0.5) is 0 Å². The van der Waals surface area contributed by atoms with Crippen LogP contribution in [0.25, 0.3) is 56.3 Å². The number of pyridine rings is 5. The molecule has 0 amide bonds. The molecular weight excluding hydrogens is 1280 g/mol. The molecule has 566 valence electrons. The van der Waals surface area contributed by atoms with Gasteiger partial charge in [-0.1, -0.05) is 215 Å². The van der Waals surface area contributed by atoms with Crippen molar-refractivity contribution in [3.63, 3.8) is 0 Å². The summed E-state index contributed by atoms with van der Waals surface area (Å²) in [5.74, 6) is 0. The van der Waals surface area contributed by atoms with Crippen molar-refractivity contribution in [2.24, 2.45) is 35.2 Å². The Kier molecular flexibility index (Phi) is 27.6. The van der Waals surface area contributed by atoms with E-state index in [1.807, 2.05) is 13.0 Å². The quantitative estimate of drug-likeness (QED) is 0.0810. The molecule has 5 aromatic heterocycles. The summed E-state index contributed by atoms with van der Waals surface area (Å²) >= 11 is 0. The maximum absolute atomic E-state index is 7.57. The number of aryl methyl sites for hydroxylation is 16. The standard InChI is InChI=1S/C23H34N.2C20H28N.2C19H26N/c1-9-22(4,5)19-15-21(18-14-12-11-13-17(18)3)24(8)16-20(19)23(6,7)10-2;2*1-8-20(5,6)18-13-21(7)19(12-16(18)4)17-10-9-14(2)11-15(17)3;2*1-7-19(4,5)17-13-20(6)18(12-15(17)3)16-11-9-8-10-14(16)2/h11-16H,9-10H2,1-8H3;2*9-13H,8H2,1-7H3;2*8-13H,7H2,1-6H3/q5*+1/i;2D3;;;. The molecule has 5 heterocycles. The van der Waals surface area contributed by atoms with E-state index in [1.165, 1.54) is 128 Å². The van der Waals surface area contributed by atoms with E-state index in [0.717, 1.165) is 55.3 Å². The molecule has 10 aromatic rings. The third-order valence-corrected chi connectivity index (χ3v) is 24.3. The maximum Gasteiger partial charge on any atom is 0.212 e. The summed E-state index contributed by atoms with van der Waals surface area (Å²) in [5, 5.41) is 0. The number of hydrogen-bond acceptors (Lipinski definition) is 0. The molecule has 5 aromatic carbocycles. The van der Waals surface area contributed by atoms with Crippen LogP contribution in [-0.2, 0) is 67.7 Å². The molecule has 0 aliphatic rings. The fraction of sp³-hybridized carbons (Fsp3) is 0.455. The van der Waals surface area contributed by atoms with Gasteiger partial charge in [-0.25, -0.2) is 22.8 Å². The Balaban J connectivity index is 0.000000213. The molecule has 0 unspecified atom stereocenters. The Labute approximate surface area is 651 Å². The number of nitrogens with zero attached hydrogens (tertiary/aromatic N) is 5. The van der Waals surface area contributed by atoms with Gasteiger partial charge in [0.15, 0.2) is 31.0 Å². The molecule has 5 nitrogen and oxygen atoms in total. The van der Waals surface area contributed by atoms with Crippen LogP contribution in [-0.4, -0.2) is 0 Å². The van der Waals surface area contributed by atoms with Gasteiger partial charge < -0.3 is 0 Å². The molecule has 106 heavy (non-hydrogen) atoms. The largest absolute Gasteiger partial charge is 0.212 e. The first-order valence-electron chi connectivity index (χ1n) is 41.0. The average molecular weight is 1430 g/mol. The Hall–Kier alpha value is -8.15. The number of benzene rings is 5. The third kappa shape index (κ3) is 20.5. The van der Waals surface area contributed by atoms with Crippen LogP contribution in [0.3, 0.4) is 0 Å². The number of aromatic nitrogens is 5. The van der Waals surface area contributed by atoms with Crippen LogP contribution < -0.4 is 22.8 Å². The lowest BCUT2D eigenvalue weighted by Gasteiger charge is -2.32. The molecule has 0 atom stereocenters. The van der Waals surface area contributed by atoms with Crippen molar-refractivity contribution >= 4 is 0 Å². The van der Waals surface area contributed by atoms with E-state index >= 15 is 0 Å². The lowest BCUT2D eigenvalue weighted by Crippen LogP contribution is -2.37. The van der Waals surface area contributed by atoms with E-state index < -0.39 is 6.85 Å². The lowest BCUT2D eigenvalue weighted by molar-refractivity contribution is -0.661. The normalized spacial score (nSPS) is 12.4. The van der Waals surface area contributed by atoms with Gasteiger partial charge in [-0.05, 0) is 233 Å². The zero-order valence-corrected chi connectivity index (χ0v) is 72.6. The minimum atomic E-state index is -2.06. The van der Waals surface area contributed by atoms with Gasteiger partial charge in [0.05, 0.1) is 0 Å². The SMILES string of the molecule is CCC(C)(C)c1c[n+](C)c(-c2ccc(C)cc2C)cc1C.CCC(C)(C)c1c[n+](C)c(-c2ccccc2C)cc1C.CCC(C)(C)c1c[n+](C)c(-c2ccccc2C)cc1C.CCC(C)(C)c1cc(-c2ccccc2C)[n+](C)cc1C(C)(C)CC.[2H]C([2H])([2H])c1ccc(-c2cc(C)c(C(C)(C)CC)c[n+]2C)c(C)c1. The molecule has 0 bridgehead atoms. The summed E-state index contributed by atoms with van der Waals surface area (Å²) in [6, 6.07) is 49.6. The highest BCUT2D eigenvalue weighted by atomic mass is 14.9. The van der Waals surface area contributed by atoms with Crippen molar-refractivity contribution in [2.75, 3.05) is 0 Å². The van der Waals surface area contributed by atoms with Crippen molar-refractivity contribution < 1.29 is 26.9 Å². The molecule has 10 rings (SSSR count). The van der Waals surface area contributed by atoms with Crippen molar-refractivity contribution in [3.8, 4) is 56.3 Å². The molecule has 0 aliphatic heterocycles. The first kappa shape index (κ1) is 81.9. The van der Waals surface area contributed by atoms with E-state index in [1.54, 1.807) is 12.1 Å². The van der Waals surface area contributed by atoms with Crippen molar-refractivity contribution in [2.45, 2.75) is 272 Å². The molecule has 5 heteroatoms. The molecular formula is C101H142N5+5. The van der Waals surface area contributed by atoms with Crippen molar-refractivity contribution in [1.29, 1.82) is 0 Å². The van der Waals surface area contributed by atoms with Gasteiger partial charge in [-0.2, -0.15) is 0 Å². The minimum Gasteiger partial charge on any atom is -0.201 e. The first-order valence-corrected chi connectivity index (χ1v) is 39.5. The highest BCUT2D eigenvalue weighted by molar-refractivity contribution is 5.66. The lowest BCUT2D eigenvalue weighted by atomic mass is 9.71. The van der Waals surface area contributed by atoms with Crippen LogP contribution in [0.1, 0.15) is 262 Å². The Morgan fingerprint density at radius 1 is 0.236 bits per heavy atom. The van der Waals surface area contributed by atoms with Crippen molar-refractivity contribution in [3.05, 3.63) is 265 Å². The zero-order valence-electron chi connectivity index (χ0n) is 75.6. The van der Waals surface area contributed by atoms with E-state index in [-0.39, 0.29) is 32.5 Å². The topological polar surface area (TPSA) is 19.4 Å². The smallest absolute Gasteiger partial charge is 0.201 e. The molecule has 0 spiro atoms. The van der Waals surface area contributed by atoms with E-state index in [0.29, 0.717) is 5.56 Å². The molecule has 0 radical (unpaired) electrons. The van der Waals surface area contributed by atoms with Crippen LogP contribution in [0, 0.1) is 76.1 Å². The van der Waals surface area contributed by atoms with Crippen LogP contribution in [0.2, 0.25) is 0 Å². The van der Waals surface area contributed by atoms with Gasteiger partial charge >= 0.3 is 0 Å². The molecule has 0 saturated carbocycles. The monoisotopic (exact) mass is 1430 g/mol. The summed E-state index contributed by atoms with van der Waals surface area (Å²) < 4.78 is 34.0. The summed E-state index contributed by atoms with van der Waals surface area (Å²) in [7, 11) is 10.7. The highest BCUT2D eigenvalue weighted by Gasteiger charge is 2.35. The van der Waals surface area contributed by atoms with E-state index in [2.05, 4.69) is 397 Å². The number of rotatable bonds is 17. The van der Waals surface area contributed by atoms with Crippen LogP contribution in [0.5, 0.6) is 0 Å². The van der Waals surface area contributed by atoms with Gasteiger partial charge in [-0.15, -0.1) is 0 Å². The summed E-state index contributed by atoms with van der Waals surface area (Å²) in [6.07, 6.45) is 18.3. The van der Waals surface area contributed by atoms with Crippen LogP contribution >= 0.6 is 0 Å². The average Bonchev–Trinajstić information content (AvgIpc) is 0.791. The second kappa shape index (κ2) is 35.7. The predicted molar refractivity (Wildman–Crippen MR) is 457 cm³/mol. The molecule has 0 fully saturated rings. The maximum atomic E-state index is 7.57. The summed E-state index contributed by atoms with van der Waals surface area (Å²) in [5.41, 5.74) is 35.9. The van der Waals surface area contributed by atoms with Gasteiger partial charge in [0.25, 0.3) is 0 Å². The first-order chi connectivity index (χ1) is 50.6. The molecule has 0 N–H and O–H groups in total. The Bertz CT molecular complexity index is 4690. The zero-order chi connectivity index (χ0) is 82.0. The summed E-state index contributed by atoms with van der Waals surface area (Å²) in [6.45, 7) is 61.2. The highest BCUT2D eigenvalue weighted by Crippen LogP contribution is 2.40. The Morgan fingerprint density at radius 3 is 0.708 bits per heavy atom. The van der Waals surface area contributed by atoms with Gasteiger partial charge in [0, 0.05) is 90.1 Å². The minimum absolute atomic E-state index is 0.139. The van der Waals surface area contributed by atoms with Gasteiger partial charge in [0.2, 0.25) is 28.5 Å². The van der Waals surface area contributed by atoms with Gasteiger partial charge in [0.1, 0.15) is 35.2 Å². The molecule has 0 saturated heterocycles. The number of hydrogen-bond donors (Lipinski definition) is 0. The third-order valence-electron chi connectivity index (χ3n) is 24.3. The fourth-order valence-corrected chi connectivity index (χ4v) is 14.7. The van der Waals surface area contributed by atoms with Crippen molar-refractivity contribution in [1.82, 2.24) is 0 Å². The van der Waals surface area contributed by atoms with E-state index in [4.69, 9.17) is 4.11 Å². The summed E-state index contributed by atoms with van der Waals surface area (Å²) in [4.78, 5) is 0. The second-order valence-corrected chi connectivity index (χ2v) is 34.8. The van der Waals surface area contributed by atoms with Gasteiger partial charge in [-0.3, -0.25) is 0 Å². The molecule has 0 aliphatic carbocycles. The van der Waals surface area contributed by atoms with Crippen LogP contribution in [0.15, 0.2) is 171 Å². The van der Waals surface area contributed by atoms with E-state index in [9.17, 15) is 0 Å². The fourth-order valence-electron chi connectivity index (χ4n) is 14.7. The second-order valence-electron chi connectivity index (χ2n) is 34.8. The Morgan fingerprint density at radius 2 is 0.453 bits per heavy atom.